The van der Waals surface area contributed by atoms with Crippen molar-refractivity contribution < 1.29 is 23.8 Å². The highest BCUT2D eigenvalue weighted by Gasteiger charge is 2.36. The van der Waals surface area contributed by atoms with Crippen LogP contribution < -0.4 is 5.32 Å². The van der Waals surface area contributed by atoms with Crippen LogP contribution in [0.25, 0.3) is 0 Å². The summed E-state index contributed by atoms with van der Waals surface area (Å²) in [6, 6.07) is -0.731. The van der Waals surface area contributed by atoms with E-state index in [1.165, 1.54) is 18.9 Å². The largest absolute Gasteiger partial charge is 0.475 e. The fourth-order valence-corrected chi connectivity index (χ4v) is 3.41. The van der Waals surface area contributed by atoms with Crippen LogP contribution in [0.1, 0.15) is 40.5 Å². The van der Waals surface area contributed by atoms with Crippen LogP contribution in [-0.2, 0) is 19.0 Å². The van der Waals surface area contributed by atoms with E-state index < -0.39 is 17.7 Å². The average Bonchev–Trinajstić information content (AvgIpc) is 2.58. The lowest BCUT2D eigenvalue weighted by molar-refractivity contribution is -0.140. The number of rotatable bonds is 4. The third-order valence-corrected chi connectivity index (χ3v) is 4.60. The zero-order valence-electron chi connectivity index (χ0n) is 14.3. The summed E-state index contributed by atoms with van der Waals surface area (Å²) in [5.74, 6) is 0.204. The highest BCUT2D eigenvalue weighted by Crippen LogP contribution is 2.27. The van der Waals surface area contributed by atoms with E-state index in [0.29, 0.717) is 5.75 Å². The van der Waals surface area contributed by atoms with Crippen molar-refractivity contribution in [3.8, 4) is 0 Å². The maximum atomic E-state index is 12.0. The fourth-order valence-electron chi connectivity index (χ4n) is 2.00. The molecule has 132 valence electrons. The van der Waals surface area contributed by atoms with Gasteiger partial charge in [0.2, 0.25) is 5.90 Å². The first-order chi connectivity index (χ1) is 10.7. The van der Waals surface area contributed by atoms with Crippen LogP contribution in [0.4, 0.5) is 4.79 Å². The second-order valence-electron chi connectivity index (χ2n) is 6.29. The van der Waals surface area contributed by atoms with Gasteiger partial charge < -0.3 is 19.5 Å². The molecule has 2 N–H and O–H groups in total. The lowest BCUT2D eigenvalue weighted by Gasteiger charge is -2.26. The molecule has 0 bridgehead atoms. The van der Waals surface area contributed by atoms with Crippen molar-refractivity contribution in [3.05, 3.63) is 0 Å². The monoisotopic (exact) mass is 346 g/mol. The summed E-state index contributed by atoms with van der Waals surface area (Å²) in [6.45, 7) is 7.25. The summed E-state index contributed by atoms with van der Waals surface area (Å²) in [4.78, 5) is 23.6. The van der Waals surface area contributed by atoms with Crippen LogP contribution in [0.15, 0.2) is 0 Å². The first-order valence-electron chi connectivity index (χ1n) is 7.59. The van der Waals surface area contributed by atoms with E-state index in [9.17, 15) is 9.59 Å². The van der Waals surface area contributed by atoms with Crippen LogP contribution >= 0.6 is 11.8 Å². The van der Waals surface area contributed by atoms with E-state index in [2.05, 4.69) is 5.32 Å². The number of amides is 1. The summed E-state index contributed by atoms with van der Waals surface area (Å²) in [5.41, 5.74) is -0.644. The highest BCUT2D eigenvalue weighted by molar-refractivity contribution is 8.00. The Balaban J connectivity index is 2.86. The molecule has 3 unspecified atom stereocenters. The van der Waals surface area contributed by atoms with E-state index in [-0.39, 0.29) is 29.6 Å². The predicted molar refractivity (Wildman–Crippen MR) is 88.9 cm³/mol. The van der Waals surface area contributed by atoms with Crippen molar-refractivity contribution in [1.82, 2.24) is 5.32 Å². The van der Waals surface area contributed by atoms with E-state index in [1.54, 1.807) is 20.8 Å². The van der Waals surface area contributed by atoms with E-state index in [4.69, 9.17) is 19.6 Å². The van der Waals surface area contributed by atoms with E-state index >= 15 is 0 Å². The van der Waals surface area contributed by atoms with Crippen molar-refractivity contribution in [2.45, 2.75) is 63.5 Å². The quantitative estimate of drug-likeness (QED) is 0.758. The number of hydrogen-bond acceptors (Lipinski definition) is 7. The molecule has 1 saturated heterocycles. The van der Waals surface area contributed by atoms with Gasteiger partial charge in [0.1, 0.15) is 17.7 Å². The smallest absolute Gasteiger partial charge is 0.408 e. The Bertz CT molecular complexity index is 450. The van der Waals surface area contributed by atoms with Crippen LogP contribution in [-0.4, -0.2) is 53.8 Å². The third-order valence-electron chi connectivity index (χ3n) is 3.17. The first kappa shape index (κ1) is 19.6. The van der Waals surface area contributed by atoms with Gasteiger partial charge in [-0.15, -0.1) is 0 Å². The van der Waals surface area contributed by atoms with Crippen molar-refractivity contribution in [1.29, 1.82) is 5.41 Å². The van der Waals surface area contributed by atoms with Gasteiger partial charge in [0.25, 0.3) is 0 Å². The van der Waals surface area contributed by atoms with Crippen molar-refractivity contribution in [2.75, 3.05) is 12.9 Å². The van der Waals surface area contributed by atoms with Crippen LogP contribution in [0.3, 0.4) is 0 Å². The number of nitrogens with one attached hydrogen (secondary N) is 2. The predicted octanol–water partition coefficient (Wildman–Crippen LogP) is 2.33. The van der Waals surface area contributed by atoms with Gasteiger partial charge in [-0.3, -0.25) is 10.2 Å². The van der Waals surface area contributed by atoms with Crippen LogP contribution in [0.5, 0.6) is 0 Å². The molecule has 0 saturated carbocycles. The van der Waals surface area contributed by atoms with Gasteiger partial charge in [-0.1, -0.05) is 6.92 Å². The van der Waals surface area contributed by atoms with E-state index in [1.807, 2.05) is 6.92 Å². The standard InChI is InChI=1S/C15H26N2O5S/c1-6-9-8-23-10(7-11(18)20-5)12(13(16)21-9)17-14(19)22-15(2,3)4/h9-10,12,16H,6-8H2,1-5H3,(H,17,19). The maximum Gasteiger partial charge on any atom is 0.408 e. The Hall–Kier alpha value is -1.44. The number of carbonyl (C=O) groups excluding carboxylic acids is 2. The molecule has 8 heteroatoms. The summed E-state index contributed by atoms with van der Waals surface area (Å²) < 4.78 is 15.5. The number of alkyl carbamates (subject to hydrolysis) is 1. The number of ether oxygens (including phenoxy) is 3. The van der Waals surface area contributed by atoms with Gasteiger partial charge in [-0.25, -0.2) is 4.79 Å². The molecule has 7 nitrogen and oxygen atoms in total. The second-order valence-corrected chi connectivity index (χ2v) is 7.56. The molecule has 0 aromatic carbocycles. The van der Waals surface area contributed by atoms with Crippen LogP contribution in [0, 0.1) is 5.41 Å². The van der Waals surface area contributed by atoms with Gasteiger partial charge in [0.15, 0.2) is 0 Å². The molecule has 0 aromatic rings. The zero-order chi connectivity index (χ0) is 17.6. The minimum atomic E-state index is -0.731. The molecule has 1 heterocycles. The fraction of sp³-hybridized carbons (Fsp3) is 0.800. The maximum absolute atomic E-state index is 12.0. The second kappa shape index (κ2) is 8.42. The Morgan fingerprint density at radius 1 is 1.43 bits per heavy atom. The molecule has 0 aliphatic carbocycles. The van der Waals surface area contributed by atoms with Crippen molar-refractivity contribution >= 4 is 29.7 Å². The molecular formula is C15H26N2O5S. The molecule has 1 amide bonds. The van der Waals surface area contributed by atoms with Crippen LogP contribution in [0.2, 0.25) is 0 Å². The lowest BCUT2D eigenvalue weighted by Crippen LogP contribution is -2.49. The molecule has 0 aromatic heterocycles. The molecule has 1 rings (SSSR count). The normalized spacial score (nSPS) is 25.1. The number of thioether (sulfide) groups is 1. The van der Waals surface area contributed by atoms with Gasteiger partial charge in [0.05, 0.1) is 13.5 Å². The Kier molecular flexibility index (Phi) is 7.18. The minimum absolute atomic E-state index is 0.0541. The Morgan fingerprint density at radius 3 is 2.61 bits per heavy atom. The van der Waals surface area contributed by atoms with E-state index in [0.717, 1.165) is 6.42 Å². The number of carbonyl (C=O) groups is 2. The van der Waals surface area contributed by atoms with Gasteiger partial charge >= 0.3 is 12.1 Å². The van der Waals surface area contributed by atoms with Gasteiger partial charge in [-0.2, -0.15) is 11.8 Å². The average molecular weight is 346 g/mol. The van der Waals surface area contributed by atoms with Gasteiger partial charge in [-0.05, 0) is 27.2 Å². The third kappa shape index (κ3) is 6.68. The van der Waals surface area contributed by atoms with Crippen molar-refractivity contribution in [3.63, 3.8) is 0 Å². The first-order valence-corrected chi connectivity index (χ1v) is 8.64. The Morgan fingerprint density at radius 2 is 2.09 bits per heavy atom. The molecule has 0 radical (unpaired) electrons. The Labute approximate surface area is 141 Å². The molecule has 23 heavy (non-hydrogen) atoms. The molecular weight excluding hydrogens is 320 g/mol. The SMILES string of the molecule is CCC1CSC(CC(=O)OC)C(NC(=O)OC(C)(C)C)C(=N)O1. The number of esters is 1. The summed E-state index contributed by atoms with van der Waals surface area (Å²) in [6.07, 6.45) is 0.0860. The summed E-state index contributed by atoms with van der Waals surface area (Å²) in [7, 11) is 1.32. The molecule has 1 aliphatic heterocycles. The lowest BCUT2D eigenvalue weighted by atomic mass is 10.1. The topological polar surface area (TPSA) is 97.7 Å². The summed E-state index contributed by atoms with van der Waals surface area (Å²) >= 11 is 1.50. The van der Waals surface area contributed by atoms with Gasteiger partial charge in [0, 0.05) is 11.0 Å². The number of methoxy groups -OCH3 is 1. The highest BCUT2D eigenvalue weighted by atomic mass is 32.2. The minimum Gasteiger partial charge on any atom is -0.475 e. The zero-order valence-corrected chi connectivity index (χ0v) is 15.1. The molecule has 1 aliphatic rings. The molecule has 0 spiro atoms. The molecule has 3 atom stereocenters. The molecule has 1 fully saturated rings. The number of hydrogen-bond donors (Lipinski definition) is 2. The van der Waals surface area contributed by atoms with Crippen molar-refractivity contribution in [2.24, 2.45) is 0 Å². The summed E-state index contributed by atoms with van der Waals surface area (Å²) in [5, 5.41) is 10.4.